The Bertz CT molecular complexity index is 213. The van der Waals surface area contributed by atoms with Gasteiger partial charge in [-0.3, -0.25) is 0 Å². The third kappa shape index (κ3) is 1.44. The molecule has 1 atom stereocenters. The molecule has 1 rings (SSSR count). The Morgan fingerprint density at radius 3 is 2.90 bits per heavy atom. The van der Waals surface area contributed by atoms with Crippen molar-refractivity contribution in [3.8, 4) is 0 Å². The van der Waals surface area contributed by atoms with Crippen LogP contribution in [0.3, 0.4) is 0 Å². The van der Waals surface area contributed by atoms with Crippen LogP contribution in [0.25, 0.3) is 0 Å². The second-order valence-corrected chi connectivity index (χ2v) is 2.70. The summed E-state index contributed by atoms with van der Waals surface area (Å²) in [5.41, 5.74) is 5.72. The fourth-order valence-electron chi connectivity index (χ4n) is 0.547. The van der Waals surface area contributed by atoms with Gasteiger partial charge in [0.15, 0.2) is 5.13 Å². The summed E-state index contributed by atoms with van der Waals surface area (Å²) in [6, 6.07) is 0. The summed E-state index contributed by atoms with van der Waals surface area (Å²) < 4.78 is 0. The van der Waals surface area contributed by atoms with Crippen LogP contribution in [0.4, 0.5) is 5.13 Å². The molecule has 4 N–H and O–H groups in total. The second kappa shape index (κ2) is 2.96. The minimum absolute atomic E-state index is 0.316. The number of nitrogens with two attached hydrogens (primary N) is 1. The molecular formula is C5H8N2O2S. The van der Waals surface area contributed by atoms with Crippen molar-refractivity contribution in [2.24, 2.45) is 0 Å². The Morgan fingerprint density at radius 1 is 1.80 bits per heavy atom. The van der Waals surface area contributed by atoms with Crippen molar-refractivity contribution < 1.29 is 10.2 Å². The molecule has 0 saturated carbocycles. The Hall–Kier alpha value is -0.650. The Balaban J connectivity index is 2.74. The minimum atomic E-state index is -0.895. The van der Waals surface area contributed by atoms with E-state index < -0.39 is 6.10 Å². The number of thiazole rings is 1. The van der Waals surface area contributed by atoms with Crippen molar-refractivity contribution >= 4 is 16.5 Å². The van der Waals surface area contributed by atoms with Crippen LogP contribution in [-0.4, -0.2) is 21.8 Å². The summed E-state index contributed by atoms with van der Waals surface area (Å²) in [7, 11) is 0. The van der Waals surface area contributed by atoms with E-state index in [4.69, 9.17) is 15.9 Å². The lowest BCUT2D eigenvalue weighted by molar-refractivity contribution is 0.0928. The Labute approximate surface area is 61.9 Å². The van der Waals surface area contributed by atoms with Crippen molar-refractivity contribution in [1.82, 2.24) is 4.98 Å². The number of aliphatic hydroxyl groups excluding tert-OH is 2. The van der Waals surface area contributed by atoms with Crippen LogP contribution in [0.15, 0.2) is 5.38 Å². The summed E-state index contributed by atoms with van der Waals surface area (Å²) in [6.07, 6.45) is -0.895. The maximum absolute atomic E-state index is 8.98. The van der Waals surface area contributed by atoms with Gasteiger partial charge in [-0.25, -0.2) is 4.98 Å². The van der Waals surface area contributed by atoms with E-state index in [1.54, 1.807) is 5.38 Å². The normalized spacial score (nSPS) is 13.4. The Morgan fingerprint density at radius 2 is 2.50 bits per heavy atom. The van der Waals surface area contributed by atoms with Crippen LogP contribution in [0.2, 0.25) is 0 Å². The molecular weight excluding hydrogens is 152 g/mol. The lowest BCUT2D eigenvalue weighted by Crippen LogP contribution is -2.02. The van der Waals surface area contributed by atoms with Gasteiger partial charge in [0.05, 0.1) is 12.3 Å². The van der Waals surface area contributed by atoms with Crippen molar-refractivity contribution in [3.63, 3.8) is 0 Å². The van der Waals surface area contributed by atoms with E-state index in [0.29, 0.717) is 10.8 Å². The monoisotopic (exact) mass is 160 g/mol. The summed E-state index contributed by atoms with van der Waals surface area (Å²) >= 11 is 1.24. The first-order valence-corrected chi connectivity index (χ1v) is 3.62. The quantitative estimate of drug-likeness (QED) is 0.557. The maximum Gasteiger partial charge on any atom is 0.180 e. The molecule has 0 aliphatic heterocycles. The first-order valence-electron chi connectivity index (χ1n) is 2.74. The van der Waals surface area contributed by atoms with E-state index in [1.165, 1.54) is 11.3 Å². The van der Waals surface area contributed by atoms with Crippen molar-refractivity contribution in [2.75, 3.05) is 12.3 Å². The zero-order chi connectivity index (χ0) is 7.56. The molecule has 10 heavy (non-hydrogen) atoms. The van der Waals surface area contributed by atoms with Gasteiger partial charge < -0.3 is 15.9 Å². The first kappa shape index (κ1) is 7.46. The molecule has 1 aromatic rings. The predicted octanol–water partition coefficient (Wildman–Crippen LogP) is -0.249. The first-order chi connectivity index (χ1) is 4.74. The van der Waals surface area contributed by atoms with Crippen molar-refractivity contribution in [2.45, 2.75) is 6.10 Å². The molecule has 5 heteroatoms. The summed E-state index contributed by atoms with van der Waals surface area (Å²) in [5, 5.41) is 19.5. The van der Waals surface area contributed by atoms with Gasteiger partial charge in [0.25, 0.3) is 0 Å². The number of anilines is 1. The fraction of sp³-hybridized carbons (Fsp3) is 0.400. The third-order valence-corrected chi connectivity index (χ3v) is 1.75. The third-order valence-electron chi connectivity index (χ3n) is 1.05. The molecule has 1 aromatic heterocycles. The van der Waals surface area contributed by atoms with E-state index in [2.05, 4.69) is 4.98 Å². The lowest BCUT2D eigenvalue weighted by atomic mass is 10.3. The van der Waals surface area contributed by atoms with Crippen LogP contribution in [-0.2, 0) is 0 Å². The molecule has 0 aliphatic rings. The molecule has 1 heterocycles. The average Bonchev–Trinajstić information content (AvgIpc) is 2.34. The molecule has 0 saturated heterocycles. The van der Waals surface area contributed by atoms with Gasteiger partial charge in [0.2, 0.25) is 0 Å². The smallest absolute Gasteiger partial charge is 0.180 e. The van der Waals surface area contributed by atoms with E-state index in [1.807, 2.05) is 0 Å². The minimum Gasteiger partial charge on any atom is -0.393 e. The SMILES string of the molecule is Nc1nc(C(O)CO)cs1. The zero-order valence-corrected chi connectivity index (χ0v) is 6.01. The van der Waals surface area contributed by atoms with Gasteiger partial charge in [-0.1, -0.05) is 0 Å². The van der Waals surface area contributed by atoms with Gasteiger partial charge >= 0.3 is 0 Å². The highest BCUT2D eigenvalue weighted by Gasteiger charge is 2.08. The van der Waals surface area contributed by atoms with Gasteiger partial charge in [-0.15, -0.1) is 11.3 Å². The summed E-state index contributed by atoms with van der Waals surface area (Å²) in [4.78, 5) is 3.77. The average molecular weight is 160 g/mol. The number of nitrogen functional groups attached to an aromatic ring is 1. The highest BCUT2D eigenvalue weighted by atomic mass is 32.1. The van der Waals surface area contributed by atoms with E-state index in [0.717, 1.165) is 0 Å². The number of hydrogen-bond acceptors (Lipinski definition) is 5. The summed E-state index contributed by atoms with van der Waals surface area (Å²) in [5.74, 6) is 0. The van der Waals surface area contributed by atoms with Crippen LogP contribution in [0.1, 0.15) is 11.8 Å². The number of aromatic nitrogens is 1. The van der Waals surface area contributed by atoms with Gasteiger partial charge in [-0.05, 0) is 0 Å². The molecule has 0 amide bonds. The predicted molar refractivity (Wildman–Crippen MR) is 38.6 cm³/mol. The Kier molecular flexibility index (Phi) is 2.21. The topological polar surface area (TPSA) is 79.4 Å². The number of hydrogen-bond donors (Lipinski definition) is 3. The molecule has 0 radical (unpaired) electrons. The largest absolute Gasteiger partial charge is 0.393 e. The molecule has 0 aromatic carbocycles. The maximum atomic E-state index is 8.98. The molecule has 0 spiro atoms. The molecule has 0 bridgehead atoms. The number of nitrogens with zero attached hydrogens (tertiary/aromatic N) is 1. The van der Waals surface area contributed by atoms with E-state index in [9.17, 15) is 0 Å². The van der Waals surface area contributed by atoms with Gasteiger partial charge in [0, 0.05) is 5.38 Å². The molecule has 0 fully saturated rings. The van der Waals surface area contributed by atoms with Crippen LogP contribution in [0, 0.1) is 0 Å². The van der Waals surface area contributed by atoms with Crippen molar-refractivity contribution in [1.29, 1.82) is 0 Å². The van der Waals surface area contributed by atoms with E-state index in [-0.39, 0.29) is 6.61 Å². The lowest BCUT2D eigenvalue weighted by Gasteiger charge is -1.99. The number of rotatable bonds is 2. The standard InChI is InChI=1S/C5H8N2O2S/c6-5-7-3(2-10-5)4(9)1-8/h2,4,8-9H,1H2,(H2,6,7). The second-order valence-electron chi connectivity index (χ2n) is 1.81. The highest BCUT2D eigenvalue weighted by Crippen LogP contribution is 2.16. The molecule has 0 aliphatic carbocycles. The van der Waals surface area contributed by atoms with Crippen molar-refractivity contribution in [3.05, 3.63) is 11.1 Å². The zero-order valence-electron chi connectivity index (χ0n) is 5.19. The summed E-state index contributed by atoms with van der Waals surface area (Å²) in [6.45, 7) is -0.316. The number of aliphatic hydroxyl groups is 2. The van der Waals surface area contributed by atoms with Crippen LogP contribution in [0.5, 0.6) is 0 Å². The molecule has 56 valence electrons. The van der Waals surface area contributed by atoms with Crippen LogP contribution >= 0.6 is 11.3 Å². The van der Waals surface area contributed by atoms with Crippen LogP contribution < -0.4 is 5.73 Å². The van der Waals surface area contributed by atoms with E-state index >= 15 is 0 Å². The molecule has 4 nitrogen and oxygen atoms in total. The highest BCUT2D eigenvalue weighted by molar-refractivity contribution is 7.13. The van der Waals surface area contributed by atoms with Gasteiger partial charge in [-0.2, -0.15) is 0 Å². The fourth-order valence-corrected chi connectivity index (χ4v) is 1.16. The van der Waals surface area contributed by atoms with Gasteiger partial charge in [0.1, 0.15) is 6.10 Å². The molecule has 1 unspecified atom stereocenters.